The number of methoxy groups -OCH3 is 1. The van der Waals surface area contributed by atoms with Crippen LogP contribution in [0.4, 0.5) is 0 Å². The van der Waals surface area contributed by atoms with Gasteiger partial charge in [-0.1, -0.05) is 33.6 Å². The predicted octanol–water partition coefficient (Wildman–Crippen LogP) is 3.99. The number of nitrogens with zero attached hydrogens (tertiary/aromatic N) is 1. The number of aromatic nitrogens is 1. The largest absolute Gasteiger partial charge is 0.371 e. The van der Waals surface area contributed by atoms with Gasteiger partial charge in [0.2, 0.25) is 0 Å². The lowest BCUT2D eigenvalue weighted by atomic mass is 9.98. The maximum Gasteiger partial charge on any atom is 0.125 e. The fourth-order valence-electron chi connectivity index (χ4n) is 2.17. The summed E-state index contributed by atoms with van der Waals surface area (Å²) in [7, 11) is 1.77. The molecular weight excluding hydrogens is 244 g/mol. The Bertz CT molecular complexity index is 339. The fraction of sp³-hybridized carbons (Fsp3) is 0.786. The smallest absolute Gasteiger partial charge is 0.125 e. The number of unbranched alkanes of at least 4 members (excludes halogenated alkanes) is 1. The highest BCUT2D eigenvalue weighted by Crippen LogP contribution is 2.35. The Morgan fingerprint density at radius 3 is 2.56 bits per heavy atom. The molecule has 0 aliphatic carbocycles. The summed E-state index contributed by atoms with van der Waals surface area (Å²) in [5.74, 6) is 0. The minimum atomic E-state index is -0.229. The van der Waals surface area contributed by atoms with Gasteiger partial charge in [0.15, 0.2) is 0 Å². The van der Waals surface area contributed by atoms with Crippen molar-refractivity contribution in [1.82, 2.24) is 4.98 Å². The van der Waals surface area contributed by atoms with E-state index >= 15 is 0 Å². The fourth-order valence-corrected chi connectivity index (χ4v) is 3.37. The Morgan fingerprint density at radius 2 is 2.06 bits per heavy atom. The molecule has 3 nitrogen and oxygen atoms in total. The first-order chi connectivity index (χ1) is 8.63. The summed E-state index contributed by atoms with van der Waals surface area (Å²) in [5.41, 5.74) is 6.96. The SMILES string of the molecule is CCCCC(N)c1csc(C(CC)(CC)OC)n1. The van der Waals surface area contributed by atoms with E-state index < -0.39 is 0 Å². The number of thiazole rings is 1. The molecule has 0 aliphatic rings. The van der Waals surface area contributed by atoms with Gasteiger partial charge in [0.25, 0.3) is 0 Å². The highest BCUT2D eigenvalue weighted by atomic mass is 32.1. The molecule has 0 aromatic carbocycles. The lowest BCUT2D eigenvalue weighted by Gasteiger charge is -2.27. The van der Waals surface area contributed by atoms with Crippen LogP contribution in [0.25, 0.3) is 0 Å². The number of nitrogens with two attached hydrogens (primary N) is 1. The Labute approximate surface area is 115 Å². The molecule has 1 aromatic rings. The zero-order valence-electron chi connectivity index (χ0n) is 12.0. The van der Waals surface area contributed by atoms with Crippen molar-refractivity contribution in [2.45, 2.75) is 64.5 Å². The summed E-state index contributed by atoms with van der Waals surface area (Å²) in [6.45, 7) is 6.47. The molecule has 0 amide bonds. The highest BCUT2D eigenvalue weighted by molar-refractivity contribution is 7.09. The molecule has 1 unspecified atom stereocenters. The molecule has 0 saturated carbocycles. The van der Waals surface area contributed by atoms with Crippen molar-refractivity contribution in [2.24, 2.45) is 5.73 Å². The van der Waals surface area contributed by atoms with Gasteiger partial charge in [-0.2, -0.15) is 0 Å². The molecule has 0 fully saturated rings. The average Bonchev–Trinajstić information content (AvgIpc) is 2.89. The molecule has 0 spiro atoms. The number of rotatable bonds is 8. The molecule has 1 heterocycles. The van der Waals surface area contributed by atoms with Gasteiger partial charge in [-0.25, -0.2) is 4.98 Å². The predicted molar refractivity (Wildman–Crippen MR) is 77.8 cm³/mol. The molecule has 1 aromatic heterocycles. The molecule has 0 saturated heterocycles. The standard InChI is InChI=1S/C14H26N2OS/c1-5-8-9-11(15)12-10-18-13(16-12)14(6-2,7-3)17-4/h10-11H,5-9,15H2,1-4H3. The summed E-state index contributed by atoms with van der Waals surface area (Å²) >= 11 is 1.68. The topological polar surface area (TPSA) is 48.1 Å². The molecule has 0 bridgehead atoms. The summed E-state index contributed by atoms with van der Waals surface area (Å²) in [6.07, 6.45) is 5.23. The van der Waals surface area contributed by atoms with Gasteiger partial charge in [-0.3, -0.25) is 0 Å². The van der Waals surface area contributed by atoms with Crippen LogP contribution >= 0.6 is 11.3 Å². The van der Waals surface area contributed by atoms with Crippen LogP contribution in [0.2, 0.25) is 0 Å². The van der Waals surface area contributed by atoms with Crippen molar-refractivity contribution < 1.29 is 4.74 Å². The van der Waals surface area contributed by atoms with E-state index in [4.69, 9.17) is 15.5 Å². The third-order valence-corrected chi connectivity index (χ3v) is 4.74. The zero-order valence-corrected chi connectivity index (χ0v) is 12.8. The van der Waals surface area contributed by atoms with Crippen molar-refractivity contribution in [3.63, 3.8) is 0 Å². The molecule has 18 heavy (non-hydrogen) atoms. The minimum Gasteiger partial charge on any atom is -0.371 e. The Balaban J connectivity index is 2.84. The van der Waals surface area contributed by atoms with E-state index in [1.165, 1.54) is 6.42 Å². The van der Waals surface area contributed by atoms with Crippen molar-refractivity contribution in [3.05, 3.63) is 16.1 Å². The zero-order chi connectivity index (χ0) is 13.6. The molecule has 1 atom stereocenters. The minimum absolute atomic E-state index is 0.0678. The molecule has 1 rings (SSSR count). The van der Waals surface area contributed by atoms with Gasteiger partial charge in [-0.05, 0) is 19.3 Å². The van der Waals surface area contributed by atoms with E-state index in [9.17, 15) is 0 Å². The summed E-state index contributed by atoms with van der Waals surface area (Å²) in [6, 6.07) is 0.0678. The maximum atomic E-state index is 6.17. The van der Waals surface area contributed by atoms with E-state index in [0.29, 0.717) is 0 Å². The number of hydrogen-bond acceptors (Lipinski definition) is 4. The maximum absolute atomic E-state index is 6.17. The van der Waals surface area contributed by atoms with Crippen LogP contribution in [0.15, 0.2) is 5.38 Å². The van der Waals surface area contributed by atoms with Crippen LogP contribution in [-0.2, 0) is 10.3 Å². The molecule has 2 N–H and O–H groups in total. The van der Waals surface area contributed by atoms with Gasteiger partial charge in [0.05, 0.1) is 5.69 Å². The van der Waals surface area contributed by atoms with Gasteiger partial charge in [0, 0.05) is 18.5 Å². The van der Waals surface area contributed by atoms with Gasteiger partial charge in [0.1, 0.15) is 10.6 Å². The van der Waals surface area contributed by atoms with E-state index in [-0.39, 0.29) is 11.6 Å². The lowest BCUT2D eigenvalue weighted by Crippen LogP contribution is -2.26. The second-order valence-electron chi connectivity index (χ2n) is 4.73. The molecule has 104 valence electrons. The lowest BCUT2D eigenvalue weighted by molar-refractivity contribution is -0.0220. The molecule has 0 radical (unpaired) electrons. The Morgan fingerprint density at radius 1 is 1.39 bits per heavy atom. The van der Waals surface area contributed by atoms with E-state index in [2.05, 4.69) is 26.2 Å². The second-order valence-corrected chi connectivity index (χ2v) is 5.59. The first-order valence-corrected chi connectivity index (χ1v) is 7.78. The van der Waals surface area contributed by atoms with Crippen molar-refractivity contribution in [3.8, 4) is 0 Å². The van der Waals surface area contributed by atoms with Crippen molar-refractivity contribution in [1.29, 1.82) is 0 Å². The van der Waals surface area contributed by atoms with Crippen LogP contribution in [0.3, 0.4) is 0 Å². The Kier molecular flexibility index (Phi) is 6.26. The number of ether oxygens (including phenoxy) is 1. The van der Waals surface area contributed by atoms with E-state index in [1.54, 1.807) is 18.4 Å². The summed E-state index contributed by atoms with van der Waals surface area (Å²) < 4.78 is 5.70. The van der Waals surface area contributed by atoms with Crippen molar-refractivity contribution in [2.75, 3.05) is 7.11 Å². The summed E-state index contributed by atoms with van der Waals surface area (Å²) in [5, 5.41) is 3.16. The Hall–Kier alpha value is -0.450. The molecular formula is C14H26N2OS. The average molecular weight is 270 g/mol. The molecule has 0 aliphatic heterocycles. The van der Waals surface area contributed by atoms with Gasteiger partial charge >= 0.3 is 0 Å². The van der Waals surface area contributed by atoms with E-state index in [0.717, 1.165) is 36.4 Å². The highest BCUT2D eigenvalue weighted by Gasteiger charge is 2.31. The van der Waals surface area contributed by atoms with Gasteiger partial charge < -0.3 is 10.5 Å². The van der Waals surface area contributed by atoms with Crippen LogP contribution in [-0.4, -0.2) is 12.1 Å². The first kappa shape index (κ1) is 15.6. The monoisotopic (exact) mass is 270 g/mol. The quantitative estimate of drug-likeness (QED) is 0.777. The third kappa shape index (κ3) is 3.31. The van der Waals surface area contributed by atoms with Crippen LogP contribution in [0, 0.1) is 0 Å². The summed E-state index contributed by atoms with van der Waals surface area (Å²) in [4.78, 5) is 4.72. The first-order valence-electron chi connectivity index (χ1n) is 6.90. The van der Waals surface area contributed by atoms with Crippen LogP contribution < -0.4 is 5.73 Å². The van der Waals surface area contributed by atoms with Gasteiger partial charge in [-0.15, -0.1) is 11.3 Å². The molecule has 4 heteroatoms. The van der Waals surface area contributed by atoms with Crippen LogP contribution in [0.1, 0.15) is 69.6 Å². The number of hydrogen-bond donors (Lipinski definition) is 1. The van der Waals surface area contributed by atoms with Crippen LogP contribution in [0.5, 0.6) is 0 Å². The second kappa shape index (κ2) is 7.22. The van der Waals surface area contributed by atoms with Crippen molar-refractivity contribution >= 4 is 11.3 Å². The van der Waals surface area contributed by atoms with E-state index in [1.807, 2.05) is 0 Å². The third-order valence-electron chi connectivity index (χ3n) is 3.69. The normalized spacial score (nSPS) is 13.8.